The molecule has 1 N–H and O–H groups in total. The number of rotatable bonds is 5. The normalized spacial score (nSPS) is 23.9. The number of carbonyl (C=O) groups is 1. The summed E-state index contributed by atoms with van der Waals surface area (Å²) >= 11 is 0. The first-order valence-corrected chi connectivity index (χ1v) is 12.7. The van der Waals surface area contributed by atoms with Crippen LogP contribution in [0.4, 0.5) is 10.3 Å². The molecule has 2 aromatic carbocycles. The number of nitrogens with one attached hydrogen (secondary N) is 1. The van der Waals surface area contributed by atoms with E-state index in [1.54, 1.807) is 0 Å². The van der Waals surface area contributed by atoms with Crippen molar-refractivity contribution in [2.75, 3.05) is 18.0 Å². The molecule has 0 bridgehead atoms. The summed E-state index contributed by atoms with van der Waals surface area (Å²) < 4.78 is 15.6. The fourth-order valence-corrected chi connectivity index (χ4v) is 5.66. The van der Waals surface area contributed by atoms with Crippen molar-refractivity contribution in [3.63, 3.8) is 0 Å². The molecule has 3 atom stereocenters. The molecule has 1 aromatic heterocycles. The second-order valence-electron chi connectivity index (χ2n) is 10.3. The van der Waals surface area contributed by atoms with Gasteiger partial charge in [0.15, 0.2) is 0 Å². The number of carbonyl (C=O) groups excluding carboxylic acids is 1. The number of halogens is 1. The van der Waals surface area contributed by atoms with Crippen LogP contribution in [-0.2, 0) is 11.3 Å². The number of amides is 1. The lowest BCUT2D eigenvalue weighted by molar-refractivity contribution is -0.127. The van der Waals surface area contributed by atoms with Gasteiger partial charge >= 0.3 is 0 Å². The van der Waals surface area contributed by atoms with Crippen LogP contribution in [-0.4, -0.2) is 34.6 Å². The summed E-state index contributed by atoms with van der Waals surface area (Å²) in [6.07, 6.45) is 5.25. The van der Waals surface area contributed by atoms with Crippen LogP contribution in [0.5, 0.6) is 0 Å². The molecule has 1 saturated heterocycles. The highest BCUT2D eigenvalue weighted by molar-refractivity contribution is 5.80. The third-order valence-corrected chi connectivity index (χ3v) is 8.07. The highest BCUT2D eigenvalue weighted by atomic mass is 19.1. The van der Waals surface area contributed by atoms with Crippen molar-refractivity contribution >= 4 is 22.9 Å². The molecule has 180 valence electrons. The van der Waals surface area contributed by atoms with E-state index < -0.39 is 0 Å². The van der Waals surface area contributed by atoms with Gasteiger partial charge in [0, 0.05) is 25.0 Å². The Morgan fingerprint density at radius 1 is 1.03 bits per heavy atom. The predicted molar refractivity (Wildman–Crippen MR) is 134 cm³/mol. The molecule has 0 spiro atoms. The Morgan fingerprint density at radius 3 is 2.53 bits per heavy atom. The number of piperidine rings is 1. The first-order chi connectivity index (χ1) is 16.5. The summed E-state index contributed by atoms with van der Waals surface area (Å²) in [7, 11) is 0. The third-order valence-electron chi connectivity index (χ3n) is 8.07. The SMILES string of the molecule is CC1CCCC(NC(=O)C2CCN(c3nc4ccccc4n3Cc3ccc(F)cc3)CC2)C1C. The van der Waals surface area contributed by atoms with E-state index in [1.165, 1.54) is 25.0 Å². The van der Waals surface area contributed by atoms with Crippen LogP contribution in [0.2, 0.25) is 0 Å². The van der Waals surface area contributed by atoms with Gasteiger partial charge in [0.1, 0.15) is 5.82 Å². The predicted octanol–water partition coefficient (Wildman–Crippen LogP) is 5.38. The lowest BCUT2D eigenvalue weighted by Crippen LogP contribution is -2.48. The maximum atomic E-state index is 13.4. The molecule has 2 fully saturated rings. The van der Waals surface area contributed by atoms with Crippen LogP contribution in [0.15, 0.2) is 48.5 Å². The molecule has 3 aromatic rings. The average molecular weight is 463 g/mol. The minimum atomic E-state index is -0.225. The van der Waals surface area contributed by atoms with Gasteiger partial charge in [-0.1, -0.05) is 51.0 Å². The van der Waals surface area contributed by atoms with Gasteiger partial charge in [0.2, 0.25) is 11.9 Å². The molecule has 5 nitrogen and oxygen atoms in total. The molecule has 1 aliphatic carbocycles. The van der Waals surface area contributed by atoms with E-state index in [9.17, 15) is 9.18 Å². The van der Waals surface area contributed by atoms with Gasteiger partial charge < -0.3 is 14.8 Å². The lowest BCUT2D eigenvalue weighted by Gasteiger charge is -2.37. The highest BCUT2D eigenvalue weighted by Crippen LogP contribution is 2.31. The Bertz CT molecular complexity index is 1130. The molecule has 2 heterocycles. The van der Waals surface area contributed by atoms with E-state index in [-0.39, 0.29) is 17.6 Å². The van der Waals surface area contributed by atoms with Crippen molar-refractivity contribution in [2.24, 2.45) is 17.8 Å². The van der Waals surface area contributed by atoms with E-state index in [2.05, 4.69) is 34.7 Å². The van der Waals surface area contributed by atoms with Crippen molar-refractivity contribution in [1.82, 2.24) is 14.9 Å². The number of fused-ring (bicyclic) bond motifs is 1. The van der Waals surface area contributed by atoms with Gasteiger partial charge in [-0.05, 0) is 60.9 Å². The van der Waals surface area contributed by atoms with Gasteiger partial charge in [0.25, 0.3) is 0 Å². The maximum Gasteiger partial charge on any atom is 0.223 e. The topological polar surface area (TPSA) is 50.2 Å². The summed E-state index contributed by atoms with van der Waals surface area (Å²) in [5, 5.41) is 3.38. The summed E-state index contributed by atoms with van der Waals surface area (Å²) in [5.41, 5.74) is 3.07. The van der Waals surface area contributed by atoms with E-state index in [1.807, 2.05) is 30.3 Å². The smallest absolute Gasteiger partial charge is 0.223 e. The molecular formula is C28H35FN4O. The zero-order valence-corrected chi connectivity index (χ0v) is 20.2. The minimum absolute atomic E-state index is 0.0654. The van der Waals surface area contributed by atoms with E-state index in [4.69, 9.17) is 4.98 Å². The fraction of sp³-hybridized carbons (Fsp3) is 0.500. The summed E-state index contributed by atoms with van der Waals surface area (Å²) in [5.74, 6) is 2.22. The monoisotopic (exact) mass is 462 g/mol. The molecule has 5 rings (SSSR count). The fourth-order valence-electron chi connectivity index (χ4n) is 5.66. The van der Waals surface area contributed by atoms with Crippen molar-refractivity contribution in [1.29, 1.82) is 0 Å². The Morgan fingerprint density at radius 2 is 1.76 bits per heavy atom. The Kier molecular flexibility index (Phi) is 6.57. The molecule has 2 aliphatic rings. The summed E-state index contributed by atoms with van der Waals surface area (Å²) in [6, 6.07) is 15.1. The van der Waals surface area contributed by atoms with Crippen LogP contribution in [0.1, 0.15) is 51.5 Å². The van der Waals surface area contributed by atoms with Crippen LogP contribution in [0, 0.1) is 23.6 Å². The Balaban J connectivity index is 1.29. The number of benzene rings is 2. The van der Waals surface area contributed by atoms with Gasteiger partial charge in [-0.15, -0.1) is 0 Å². The third kappa shape index (κ3) is 4.68. The zero-order valence-electron chi connectivity index (χ0n) is 20.2. The van der Waals surface area contributed by atoms with Crippen molar-refractivity contribution in [3.05, 3.63) is 59.9 Å². The van der Waals surface area contributed by atoms with Crippen LogP contribution in [0.25, 0.3) is 11.0 Å². The van der Waals surface area contributed by atoms with Crippen LogP contribution < -0.4 is 10.2 Å². The average Bonchev–Trinajstić information content (AvgIpc) is 3.22. The number of hydrogen-bond acceptors (Lipinski definition) is 3. The molecule has 6 heteroatoms. The van der Waals surface area contributed by atoms with Gasteiger partial charge in [-0.2, -0.15) is 0 Å². The first-order valence-electron chi connectivity index (χ1n) is 12.7. The van der Waals surface area contributed by atoms with Crippen molar-refractivity contribution < 1.29 is 9.18 Å². The summed E-state index contributed by atoms with van der Waals surface area (Å²) in [4.78, 5) is 20.3. The molecule has 1 saturated carbocycles. The molecule has 0 radical (unpaired) electrons. The number of aromatic nitrogens is 2. The number of nitrogens with zero attached hydrogens (tertiary/aromatic N) is 3. The highest BCUT2D eigenvalue weighted by Gasteiger charge is 2.32. The first kappa shape index (κ1) is 22.9. The number of para-hydroxylation sites is 2. The molecule has 1 amide bonds. The minimum Gasteiger partial charge on any atom is -0.353 e. The van der Waals surface area contributed by atoms with Gasteiger partial charge in [-0.25, -0.2) is 9.37 Å². The Labute approximate surface area is 201 Å². The Hall–Kier alpha value is -2.89. The number of hydrogen-bond donors (Lipinski definition) is 1. The van der Waals surface area contributed by atoms with Crippen LogP contribution >= 0.6 is 0 Å². The van der Waals surface area contributed by atoms with E-state index in [0.29, 0.717) is 24.4 Å². The number of anilines is 1. The molecular weight excluding hydrogens is 427 g/mol. The van der Waals surface area contributed by atoms with Crippen molar-refractivity contribution in [2.45, 2.75) is 58.5 Å². The maximum absolute atomic E-state index is 13.4. The quantitative estimate of drug-likeness (QED) is 0.554. The van der Waals surface area contributed by atoms with Crippen LogP contribution in [0.3, 0.4) is 0 Å². The second-order valence-corrected chi connectivity index (χ2v) is 10.3. The standard InChI is InChI=1S/C28H35FN4O/c1-19-6-5-8-24(20(19)2)30-27(34)22-14-16-32(17-15-22)28-31-25-7-3-4-9-26(25)33(28)18-21-10-12-23(29)13-11-21/h3-4,7,9-13,19-20,22,24H,5-6,8,14-18H2,1-2H3,(H,30,34). The van der Waals surface area contributed by atoms with Gasteiger partial charge in [-0.3, -0.25) is 4.79 Å². The summed E-state index contributed by atoms with van der Waals surface area (Å²) in [6.45, 7) is 6.83. The zero-order chi connectivity index (χ0) is 23.7. The van der Waals surface area contributed by atoms with Gasteiger partial charge in [0.05, 0.1) is 17.6 Å². The van der Waals surface area contributed by atoms with E-state index in [0.717, 1.165) is 54.9 Å². The largest absolute Gasteiger partial charge is 0.353 e. The lowest BCUT2D eigenvalue weighted by atomic mass is 9.78. The molecule has 34 heavy (non-hydrogen) atoms. The second kappa shape index (κ2) is 9.77. The van der Waals surface area contributed by atoms with E-state index >= 15 is 0 Å². The van der Waals surface area contributed by atoms with Crippen molar-refractivity contribution in [3.8, 4) is 0 Å². The molecule has 1 aliphatic heterocycles. The molecule has 3 unspecified atom stereocenters. The number of imidazole rings is 1.